The molecular formula is C16H34N4. The fourth-order valence-electron chi connectivity index (χ4n) is 2.61. The fourth-order valence-corrected chi connectivity index (χ4v) is 2.61. The second-order valence-electron chi connectivity index (χ2n) is 6.90. The molecule has 2 N–H and O–H groups in total. The van der Waals surface area contributed by atoms with Crippen molar-refractivity contribution in [1.82, 2.24) is 15.5 Å². The summed E-state index contributed by atoms with van der Waals surface area (Å²) in [6.07, 6.45) is 5.24. The average Bonchev–Trinajstić information content (AvgIpc) is 2.43. The number of hydrogen-bond donors (Lipinski definition) is 2. The highest BCUT2D eigenvalue weighted by Crippen LogP contribution is 2.19. The molecule has 1 heterocycles. The van der Waals surface area contributed by atoms with Gasteiger partial charge in [-0.05, 0) is 52.1 Å². The van der Waals surface area contributed by atoms with E-state index in [2.05, 4.69) is 48.2 Å². The highest BCUT2D eigenvalue weighted by atomic mass is 15.2. The van der Waals surface area contributed by atoms with Crippen LogP contribution in [-0.2, 0) is 0 Å². The van der Waals surface area contributed by atoms with Gasteiger partial charge in [0.2, 0.25) is 0 Å². The zero-order valence-corrected chi connectivity index (χ0v) is 14.1. The second kappa shape index (κ2) is 8.50. The van der Waals surface area contributed by atoms with E-state index in [1.807, 2.05) is 7.05 Å². The quantitative estimate of drug-likeness (QED) is 0.581. The zero-order valence-electron chi connectivity index (χ0n) is 14.1. The van der Waals surface area contributed by atoms with Gasteiger partial charge in [0.05, 0.1) is 0 Å². The molecule has 0 unspecified atom stereocenters. The van der Waals surface area contributed by atoms with Gasteiger partial charge in [-0.3, -0.25) is 9.89 Å². The Morgan fingerprint density at radius 2 is 1.80 bits per heavy atom. The minimum Gasteiger partial charge on any atom is -0.356 e. The highest BCUT2D eigenvalue weighted by molar-refractivity contribution is 5.79. The minimum atomic E-state index is 0.191. The summed E-state index contributed by atoms with van der Waals surface area (Å²) in [6, 6.07) is 0. The van der Waals surface area contributed by atoms with E-state index in [0.29, 0.717) is 0 Å². The maximum atomic E-state index is 4.31. The van der Waals surface area contributed by atoms with E-state index >= 15 is 0 Å². The first-order valence-corrected chi connectivity index (χ1v) is 8.15. The van der Waals surface area contributed by atoms with Crippen molar-refractivity contribution in [2.24, 2.45) is 10.9 Å². The molecule has 1 rings (SSSR count). The lowest BCUT2D eigenvalue weighted by molar-refractivity contribution is 0.0982. The molecule has 4 nitrogen and oxygen atoms in total. The van der Waals surface area contributed by atoms with Crippen LogP contribution in [0, 0.1) is 5.92 Å². The van der Waals surface area contributed by atoms with Crippen LogP contribution in [0.5, 0.6) is 0 Å². The third-order valence-corrected chi connectivity index (χ3v) is 4.14. The predicted octanol–water partition coefficient (Wildman–Crippen LogP) is 2.46. The summed E-state index contributed by atoms with van der Waals surface area (Å²) in [5, 5.41) is 6.87. The number of nitrogens with one attached hydrogen (secondary N) is 2. The van der Waals surface area contributed by atoms with Crippen LogP contribution in [0.3, 0.4) is 0 Å². The lowest BCUT2D eigenvalue weighted by Gasteiger charge is -2.41. The van der Waals surface area contributed by atoms with Gasteiger partial charge in [-0.2, -0.15) is 0 Å². The Morgan fingerprint density at radius 3 is 2.35 bits per heavy atom. The molecule has 118 valence electrons. The summed E-state index contributed by atoms with van der Waals surface area (Å²) in [7, 11) is 1.85. The molecule has 0 bridgehead atoms. The van der Waals surface area contributed by atoms with Gasteiger partial charge in [0, 0.05) is 25.7 Å². The molecule has 0 spiro atoms. The molecule has 1 saturated heterocycles. The van der Waals surface area contributed by atoms with Crippen molar-refractivity contribution in [3.63, 3.8) is 0 Å². The van der Waals surface area contributed by atoms with Gasteiger partial charge >= 0.3 is 0 Å². The van der Waals surface area contributed by atoms with E-state index in [9.17, 15) is 0 Å². The standard InChI is InChI=1S/C16H34N4/c1-14(2)9-10-18-15(17-5)19-13-16(3,4)20-11-7-6-8-12-20/h14H,6-13H2,1-5H3,(H2,17,18,19). The van der Waals surface area contributed by atoms with Crippen molar-refractivity contribution in [3.05, 3.63) is 0 Å². The minimum absolute atomic E-state index is 0.191. The number of likely N-dealkylation sites (tertiary alicyclic amines) is 1. The summed E-state index contributed by atoms with van der Waals surface area (Å²) in [5.41, 5.74) is 0.191. The fraction of sp³-hybridized carbons (Fsp3) is 0.938. The number of nitrogens with zero attached hydrogens (tertiary/aromatic N) is 2. The number of guanidine groups is 1. The van der Waals surface area contributed by atoms with Gasteiger partial charge in [-0.15, -0.1) is 0 Å². The van der Waals surface area contributed by atoms with E-state index in [1.165, 1.54) is 38.8 Å². The SMILES string of the molecule is CN=C(NCCC(C)C)NCC(C)(C)N1CCCCC1. The highest BCUT2D eigenvalue weighted by Gasteiger charge is 2.27. The molecule has 1 aliphatic rings. The third-order valence-electron chi connectivity index (χ3n) is 4.14. The van der Waals surface area contributed by atoms with Crippen molar-refractivity contribution in [1.29, 1.82) is 0 Å². The van der Waals surface area contributed by atoms with Gasteiger partial charge in [-0.25, -0.2) is 0 Å². The molecule has 0 aromatic carbocycles. The molecule has 0 amide bonds. The lowest BCUT2D eigenvalue weighted by Crippen LogP contribution is -2.54. The first kappa shape index (κ1) is 17.3. The maximum Gasteiger partial charge on any atom is 0.191 e. The van der Waals surface area contributed by atoms with Crippen LogP contribution in [0.25, 0.3) is 0 Å². The monoisotopic (exact) mass is 282 g/mol. The van der Waals surface area contributed by atoms with E-state index in [1.54, 1.807) is 0 Å². The summed E-state index contributed by atoms with van der Waals surface area (Å²) in [5.74, 6) is 1.65. The van der Waals surface area contributed by atoms with Gasteiger partial charge in [0.1, 0.15) is 0 Å². The van der Waals surface area contributed by atoms with Crippen LogP contribution in [0.4, 0.5) is 0 Å². The molecular weight excluding hydrogens is 248 g/mol. The number of piperidine rings is 1. The molecule has 0 atom stereocenters. The van der Waals surface area contributed by atoms with Crippen molar-refractivity contribution in [3.8, 4) is 0 Å². The smallest absolute Gasteiger partial charge is 0.191 e. The maximum absolute atomic E-state index is 4.31. The topological polar surface area (TPSA) is 39.7 Å². The normalized spacial score (nSPS) is 18.4. The molecule has 1 aliphatic heterocycles. The molecule has 20 heavy (non-hydrogen) atoms. The van der Waals surface area contributed by atoms with Gasteiger partial charge < -0.3 is 10.6 Å². The lowest BCUT2D eigenvalue weighted by atomic mass is 9.98. The first-order valence-electron chi connectivity index (χ1n) is 8.15. The van der Waals surface area contributed by atoms with Gasteiger partial charge in [-0.1, -0.05) is 20.3 Å². The molecule has 0 saturated carbocycles. The molecule has 0 aromatic heterocycles. The Labute approximate surface area is 125 Å². The number of hydrogen-bond acceptors (Lipinski definition) is 2. The summed E-state index contributed by atoms with van der Waals surface area (Å²) in [6.45, 7) is 13.5. The van der Waals surface area contributed by atoms with E-state index in [4.69, 9.17) is 0 Å². The van der Waals surface area contributed by atoms with E-state index in [-0.39, 0.29) is 5.54 Å². The van der Waals surface area contributed by atoms with Crippen molar-refractivity contribution >= 4 is 5.96 Å². The van der Waals surface area contributed by atoms with Crippen molar-refractivity contribution < 1.29 is 0 Å². The molecule has 1 fully saturated rings. The van der Waals surface area contributed by atoms with E-state index < -0.39 is 0 Å². The Bertz CT molecular complexity index is 291. The van der Waals surface area contributed by atoms with Crippen molar-refractivity contribution in [2.75, 3.05) is 33.2 Å². The number of rotatable bonds is 6. The Balaban J connectivity index is 2.34. The summed E-state index contributed by atoms with van der Waals surface area (Å²) < 4.78 is 0. The van der Waals surface area contributed by atoms with Crippen LogP contribution in [0.1, 0.15) is 53.4 Å². The Hall–Kier alpha value is -0.770. The van der Waals surface area contributed by atoms with Gasteiger partial charge in [0.25, 0.3) is 0 Å². The van der Waals surface area contributed by atoms with Crippen LogP contribution in [-0.4, -0.2) is 49.6 Å². The number of aliphatic imine (C=N–C) groups is 1. The van der Waals surface area contributed by atoms with Crippen LogP contribution in [0.2, 0.25) is 0 Å². The largest absolute Gasteiger partial charge is 0.356 e. The first-order chi connectivity index (χ1) is 9.45. The summed E-state index contributed by atoms with van der Waals surface area (Å²) >= 11 is 0. The van der Waals surface area contributed by atoms with Crippen LogP contribution in [0.15, 0.2) is 4.99 Å². The van der Waals surface area contributed by atoms with E-state index in [0.717, 1.165) is 25.0 Å². The Kier molecular flexibility index (Phi) is 7.35. The zero-order chi connectivity index (χ0) is 15.0. The molecule has 4 heteroatoms. The third kappa shape index (κ3) is 6.12. The molecule has 0 aromatic rings. The average molecular weight is 282 g/mol. The van der Waals surface area contributed by atoms with Crippen molar-refractivity contribution in [2.45, 2.75) is 58.9 Å². The van der Waals surface area contributed by atoms with Crippen LogP contribution < -0.4 is 10.6 Å². The molecule has 0 radical (unpaired) electrons. The molecule has 0 aliphatic carbocycles. The Morgan fingerprint density at radius 1 is 1.15 bits per heavy atom. The second-order valence-corrected chi connectivity index (χ2v) is 6.90. The van der Waals surface area contributed by atoms with Gasteiger partial charge in [0.15, 0.2) is 5.96 Å². The summed E-state index contributed by atoms with van der Waals surface area (Å²) in [4.78, 5) is 6.91. The predicted molar refractivity (Wildman–Crippen MR) is 88.3 cm³/mol. The van der Waals surface area contributed by atoms with Crippen LogP contribution >= 0.6 is 0 Å².